The lowest BCUT2D eigenvalue weighted by Crippen LogP contribution is -2.07. The first-order valence-electron chi connectivity index (χ1n) is 8.07. The first-order chi connectivity index (χ1) is 8.39. The minimum atomic E-state index is 0.0188. The summed E-state index contributed by atoms with van der Waals surface area (Å²) < 4.78 is 0. The van der Waals surface area contributed by atoms with Crippen molar-refractivity contribution < 1.29 is 5.11 Å². The Morgan fingerprint density at radius 2 is 0.647 bits per heavy atom. The maximum absolute atomic E-state index is 9.21. The molecule has 0 heterocycles. The zero-order valence-electron chi connectivity index (χ0n) is 11.6. The van der Waals surface area contributed by atoms with Crippen molar-refractivity contribution in [1.82, 2.24) is 0 Å². The van der Waals surface area contributed by atoms with Gasteiger partial charge < -0.3 is 5.11 Å². The first kappa shape index (κ1) is 15.0. The molecule has 1 nitrogen and oxygen atoms in total. The van der Waals surface area contributed by atoms with E-state index in [4.69, 9.17) is 0 Å². The molecule has 0 aromatic carbocycles. The van der Waals surface area contributed by atoms with Crippen LogP contribution in [0.2, 0.25) is 0 Å². The van der Waals surface area contributed by atoms with Crippen molar-refractivity contribution in [2.45, 2.75) is 102 Å². The van der Waals surface area contributed by atoms with E-state index in [1.807, 2.05) is 0 Å². The minimum Gasteiger partial charge on any atom is -0.393 e. The van der Waals surface area contributed by atoms with Gasteiger partial charge >= 0.3 is 0 Å². The fraction of sp³-hybridized carbons (Fsp3) is 1.00. The second-order valence-corrected chi connectivity index (χ2v) is 5.83. The second kappa shape index (κ2) is 11.1. The third kappa shape index (κ3) is 9.64. The maximum atomic E-state index is 9.21. The largest absolute Gasteiger partial charge is 0.393 e. The molecular weight excluding hydrogens is 208 g/mol. The lowest BCUT2D eigenvalue weighted by molar-refractivity contribution is 0.141. The molecule has 2 aliphatic carbocycles. The van der Waals surface area contributed by atoms with Crippen molar-refractivity contribution in [3.63, 3.8) is 0 Å². The van der Waals surface area contributed by atoms with Crippen LogP contribution in [0.3, 0.4) is 0 Å². The van der Waals surface area contributed by atoms with Crippen molar-refractivity contribution in [2.75, 3.05) is 0 Å². The van der Waals surface area contributed by atoms with Gasteiger partial charge in [-0.15, -0.1) is 0 Å². The van der Waals surface area contributed by atoms with Gasteiger partial charge in [-0.2, -0.15) is 0 Å². The topological polar surface area (TPSA) is 20.2 Å². The van der Waals surface area contributed by atoms with E-state index in [0.717, 1.165) is 12.8 Å². The Morgan fingerprint density at radius 3 is 0.941 bits per heavy atom. The van der Waals surface area contributed by atoms with E-state index < -0.39 is 0 Å². The van der Waals surface area contributed by atoms with Crippen LogP contribution in [0.15, 0.2) is 0 Å². The van der Waals surface area contributed by atoms with Gasteiger partial charge in [-0.05, 0) is 12.8 Å². The molecule has 2 saturated carbocycles. The highest BCUT2D eigenvalue weighted by Crippen LogP contribution is 2.16. The van der Waals surface area contributed by atoms with E-state index in [1.165, 1.54) is 83.5 Å². The molecule has 0 saturated heterocycles. The summed E-state index contributed by atoms with van der Waals surface area (Å²) >= 11 is 0. The fourth-order valence-electron chi connectivity index (χ4n) is 2.85. The lowest BCUT2D eigenvalue weighted by Gasteiger charge is -2.13. The zero-order chi connectivity index (χ0) is 12.2. The van der Waals surface area contributed by atoms with Crippen LogP contribution in [-0.4, -0.2) is 11.2 Å². The Kier molecular flexibility index (Phi) is 9.78. The Morgan fingerprint density at radius 1 is 0.412 bits per heavy atom. The van der Waals surface area contributed by atoms with Gasteiger partial charge in [-0.25, -0.2) is 0 Å². The quantitative estimate of drug-likeness (QED) is 0.616. The molecular formula is C16H32O. The highest BCUT2D eigenvalue weighted by Gasteiger charge is 2.05. The molecule has 1 N–H and O–H groups in total. The van der Waals surface area contributed by atoms with Gasteiger partial charge in [-0.3, -0.25) is 0 Å². The molecule has 0 radical (unpaired) electrons. The number of hydrogen-bond donors (Lipinski definition) is 1. The molecule has 1 heteroatoms. The van der Waals surface area contributed by atoms with Crippen molar-refractivity contribution in [3.05, 3.63) is 0 Å². The van der Waals surface area contributed by atoms with Gasteiger partial charge in [0.25, 0.3) is 0 Å². The second-order valence-electron chi connectivity index (χ2n) is 5.83. The first-order valence-corrected chi connectivity index (χ1v) is 8.07. The third-order valence-corrected chi connectivity index (χ3v) is 4.07. The van der Waals surface area contributed by atoms with Crippen molar-refractivity contribution in [3.8, 4) is 0 Å². The smallest absolute Gasteiger partial charge is 0.0540 e. The Labute approximate surface area is 108 Å². The van der Waals surface area contributed by atoms with E-state index >= 15 is 0 Å². The highest BCUT2D eigenvalue weighted by atomic mass is 16.3. The summed E-state index contributed by atoms with van der Waals surface area (Å²) in [5, 5.41) is 9.21. The molecule has 0 aromatic rings. The van der Waals surface area contributed by atoms with Crippen molar-refractivity contribution >= 4 is 0 Å². The van der Waals surface area contributed by atoms with Gasteiger partial charge in [0.2, 0.25) is 0 Å². The lowest BCUT2D eigenvalue weighted by atomic mass is 9.99. The number of aliphatic hydroxyl groups is 1. The normalized spacial score (nSPS) is 24.5. The van der Waals surface area contributed by atoms with Crippen LogP contribution >= 0.6 is 0 Å². The molecule has 17 heavy (non-hydrogen) atoms. The SMILES string of the molecule is C1CCCCCCC1.OC1CCCCCCC1. The maximum Gasteiger partial charge on any atom is 0.0540 e. The molecule has 2 aliphatic rings. The van der Waals surface area contributed by atoms with Gasteiger partial charge in [0.15, 0.2) is 0 Å². The van der Waals surface area contributed by atoms with Crippen LogP contribution in [0, 0.1) is 0 Å². The zero-order valence-corrected chi connectivity index (χ0v) is 11.6. The molecule has 102 valence electrons. The molecule has 0 aliphatic heterocycles. The van der Waals surface area contributed by atoms with E-state index in [0.29, 0.717) is 0 Å². The highest BCUT2D eigenvalue weighted by molar-refractivity contribution is 4.60. The van der Waals surface area contributed by atoms with Crippen LogP contribution in [0.1, 0.15) is 96.3 Å². The van der Waals surface area contributed by atoms with Crippen molar-refractivity contribution in [1.29, 1.82) is 0 Å². The Hall–Kier alpha value is -0.0400. The number of hydrogen-bond acceptors (Lipinski definition) is 1. The fourth-order valence-corrected chi connectivity index (χ4v) is 2.85. The summed E-state index contributed by atoms with van der Waals surface area (Å²) in [4.78, 5) is 0. The summed E-state index contributed by atoms with van der Waals surface area (Å²) in [6, 6.07) is 0. The van der Waals surface area contributed by atoms with Gasteiger partial charge in [-0.1, -0.05) is 83.5 Å². The minimum absolute atomic E-state index is 0.0188. The van der Waals surface area contributed by atoms with E-state index in [9.17, 15) is 5.11 Å². The standard InChI is InChI=1S/C8H16O.C8H16/c9-8-6-4-2-1-3-5-7-8;1-2-4-6-8-7-5-3-1/h8-9H,1-7H2;1-8H2. The molecule has 2 rings (SSSR count). The van der Waals surface area contributed by atoms with Crippen molar-refractivity contribution in [2.24, 2.45) is 0 Å². The predicted octanol–water partition coefficient (Wildman–Crippen LogP) is 5.21. The molecule has 0 bridgehead atoms. The van der Waals surface area contributed by atoms with E-state index in [1.54, 1.807) is 0 Å². The Bertz CT molecular complexity index is 124. The summed E-state index contributed by atoms with van der Waals surface area (Å²) in [6.45, 7) is 0. The molecule has 0 spiro atoms. The molecule has 2 fully saturated rings. The van der Waals surface area contributed by atoms with Gasteiger partial charge in [0.05, 0.1) is 6.10 Å². The monoisotopic (exact) mass is 240 g/mol. The average Bonchev–Trinajstić information content (AvgIpc) is 2.23. The van der Waals surface area contributed by atoms with Crippen LogP contribution in [-0.2, 0) is 0 Å². The molecule has 0 aromatic heterocycles. The van der Waals surface area contributed by atoms with Crippen LogP contribution < -0.4 is 0 Å². The summed E-state index contributed by atoms with van der Waals surface area (Å²) in [6.07, 6.45) is 20.6. The molecule has 0 amide bonds. The summed E-state index contributed by atoms with van der Waals surface area (Å²) in [5.74, 6) is 0. The van der Waals surface area contributed by atoms with Gasteiger partial charge in [0, 0.05) is 0 Å². The average molecular weight is 240 g/mol. The third-order valence-electron chi connectivity index (χ3n) is 4.07. The predicted molar refractivity (Wildman–Crippen MR) is 75.3 cm³/mol. The molecule has 0 unspecified atom stereocenters. The molecule has 0 atom stereocenters. The Balaban J connectivity index is 0.000000171. The van der Waals surface area contributed by atoms with E-state index in [2.05, 4.69) is 0 Å². The van der Waals surface area contributed by atoms with Crippen LogP contribution in [0.5, 0.6) is 0 Å². The number of aliphatic hydroxyl groups excluding tert-OH is 1. The number of rotatable bonds is 0. The van der Waals surface area contributed by atoms with Crippen LogP contribution in [0.25, 0.3) is 0 Å². The van der Waals surface area contributed by atoms with E-state index in [-0.39, 0.29) is 6.10 Å². The van der Waals surface area contributed by atoms with Gasteiger partial charge in [0.1, 0.15) is 0 Å². The summed E-state index contributed by atoms with van der Waals surface area (Å²) in [5.41, 5.74) is 0. The summed E-state index contributed by atoms with van der Waals surface area (Å²) in [7, 11) is 0. The van der Waals surface area contributed by atoms with Crippen LogP contribution in [0.4, 0.5) is 0 Å².